The normalized spacial score (nSPS) is 10.3. The van der Waals surface area contributed by atoms with E-state index in [4.69, 9.17) is 9.84 Å². The molecule has 20 heavy (non-hydrogen) atoms. The summed E-state index contributed by atoms with van der Waals surface area (Å²) in [5.41, 5.74) is 0.703. The van der Waals surface area contributed by atoms with Crippen LogP contribution in [0.15, 0.2) is 24.3 Å². The van der Waals surface area contributed by atoms with Crippen LogP contribution >= 0.6 is 0 Å². The van der Waals surface area contributed by atoms with Crippen molar-refractivity contribution in [2.45, 2.75) is 12.8 Å². The van der Waals surface area contributed by atoms with Gasteiger partial charge in [0.1, 0.15) is 5.75 Å². The van der Waals surface area contributed by atoms with E-state index in [1.54, 1.807) is 43.3 Å². The molecular weight excluding hydrogens is 260 g/mol. The van der Waals surface area contributed by atoms with Crippen LogP contribution in [0.4, 0.5) is 5.69 Å². The fourth-order valence-corrected chi connectivity index (χ4v) is 1.70. The zero-order valence-corrected chi connectivity index (χ0v) is 11.8. The van der Waals surface area contributed by atoms with Gasteiger partial charge in [-0.05, 0) is 44.3 Å². The standard InChI is InChI=1S/C14H20N2O4/c1-16(9-3-4-14(18)19)10-13(17)15-11-5-7-12(20-2)8-6-11/h5-8H,3-4,9-10H2,1-2H3,(H,15,17)(H,18,19). The average molecular weight is 280 g/mol. The quantitative estimate of drug-likeness (QED) is 0.753. The monoisotopic (exact) mass is 280 g/mol. The maximum absolute atomic E-state index is 11.8. The summed E-state index contributed by atoms with van der Waals surface area (Å²) in [6, 6.07) is 7.07. The average Bonchev–Trinajstić information content (AvgIpc) is 2.38. The van der Waals surface area contributed by atoms with Gasteiger partial charge in [0.2, 0.25) is 5.91 Å². The smallest absolute Gasteiger partial charge is 0.303 e. The van der Waals surface area contributed by atoms with Crippen molar-refractivity contribution in [3.8, 4) is 5.75 Å². The van der Waals surface area contributed by atoms with E-state index in [9.17, 15) is 9.59 Å². The van der Waals surface area contributed by atoms with Crippen molar-refractivity contribution < 1.29 is 19.4 Å². The lowest BCUT2D eigenvalue weighted by Gasteiger charge is -2.15. The number of amides is 1. The van der Waals surface area contributed by atoms with Crippen LogP contribution in [0, 0.1) is 0 Å². The Kier molecular flexibility index (Phi) is 6.52. The molecule has 110 valence electrons. The number of carboxylic acid groups (broad SMARTS) is 1. The number of anilines is 1. The lowest BCUT2D eigenvalue weighted by atomic mass is 10.3. The molecule has 0 bridgehead atoms. The molecule has 1 rings (SSSR count). The molecule has 6 nitrogen and oxygen atoms in total. The summed E-state index contributed by atoms with van der Waals surface area (Å²) in [7, 11) is 3.37. The first-order valence-electron chi connectivity index (χ1n) is 6.35. The Morgan fingerprint density at radius 1 is 1.30 bits per heavy atom. The van der Waals surface area contributed by atoms with Crippen molar-refractivity contribution in [2.75, 3.05) is 32.6 Å². The molecule has 1 amide bonds. The van der Waals surface area contributed by atoms with Gasteiger partial charge in [-0.3, -0.25) is 14.5 Å². The summed E-state index contributed by atoms with van der Waals surface area (Å²) in [4.78, 5) is 24.0. The minimum atomic E-state index is -0.818. The van der Waals surface area contributed by atoms with Gasteiger partial charge in [-0.15, -0.1) is 0 Å². The molecular formula is C14H20N2O4. The Labute approximate surface area is 118 Å². The fraction of sp³-hybridized carbons (Fsp3) is 0.429. The van der Waals surface area contributed by atoms with Crippen LogP contribution in [0.2, 0.25) is 0 Å². The third-order valence-corrected chi connectivity index (χ3v) is 2.72. The molecule has 0 radical (unpaired) electrons. The molecule has 0 aliphatic carbocycles. The minimum Gasteiger partial charge on any atom is -0.497 e. The van der Waals surface area contributed by atoms with Crippen LogP contribution in [0.1, 0.15) is 12.8 Å². The number of benzene rings is 1. The van der Waals surface area contributed by atoms with E-state index in [2.05, 4.69) is 5.32 Å². The molecule has 0 atom stereocenters. The number of aliphatic carboxylic acids is 1. The molecule has 0 aromatic heterocycles. The van der Waals surface area contributed by atoms with Crippen molar-refractivity contribution in [3.05, 3.63) is 24.3 Å². The first-order valence-corrected chi connectivity index (χ1v) is 6.35. The number of hydrogen-bond donors (Lipinski definition) is 2. The van der Waals surface area contributed by atoms with E-state index < -0.39 is 5.97 Å². The highest BCUT2D eigenvalue weighted by Gasteiger charge is 2.07. The zero-order valence-electron chi connectivity index (χ0n) is 11.8. The van der Waals surface area contributed by atoms with Crippen molar-refractivity contribution >= 4 is 17.6 Å². The number of methoxy groups -OCH3 is 1. The summed E-state index contributed by atoms with van der Waals surface area (Å²) >= 11 is 0. The second-order valence-corrected chi connectivity index (χ2v) is 4.51. The number of rotatable bonds is 8. The van der Waals surface area contributed by atoms with Crippen LogP contribution in [0.25, 0.3) is 0 Å². The predicted molar refractivity (Wildman–Crippen MR) is 76.0 cm³/mol. The van der Waals surface area contributed by atoms with Crippen molar-refractivity contribution in [2.24, 2.45) is 0 Å². The van der Waals surface area contributed by atoms with Gasteiger partial charge in [0.25, 0.3) is 0 Å². The lowest BCUT2D eigenvalue weighted by Crippen LogP contribution is -2.31. The number of hydrogen-bond acceptors (Lipinski definition) is 4. The molecule has 0 saturated heterocycles. The second kappa shape index (κ2) is 8.16. The van der Waals surface area contributed by atoms with Gasteiger partial charge in [-0.25, -0.2) is 0 Å². The topological polar surface area (TPSA) is 78.9 Å². The van der Waals surface area contributed by atoms with Crippen molar-refractivity contribution in [1.29, 1.82) is 0 Å². The highest BCUT2D eigenvalue weighted by atomic mass is 16.5. The van der Waals surface area contributed by atoms with Gasteiger partial charge in [-0.2, -0.15) is 0 Å². The number of nitrogens with one attached hydrogen (secondary N) is 1. The number of nitrogens with zero attached hydrogens (tertiary/aromatic N) is 1. The van der Waals surface area contributed by atoms with Crippen molar-refractivity contribution in [1.82, 2.24) is 4.90 Å². The Balaban J connectivity index is 2.32. The third-order valence-electron chi connectivity index (χ3n) is 2.72. The molecule has 0 aliphatic rings. The maximum Gasteiger partial charge on any atom is 0.303 e. The van der Waals surface area contributed by atoms with E-state index in [0.29, 0.717) is 18.7 Å². The van der Waals surface area contributed by atoms with Crippen LogP contribution in [0.3, 0.4) is 0 Å². The molecule has 1 aromatic rings. The van der Waals surface area contributed by atoms with Crippen LogP contribution in [-0.4, -0.2) is 49.1 Å². The van der Waals surface area contributed by atoms with E-state index >= 15 is 0 Å². The second-order valence-electron chi connectivity index (χ2n) is 4.51. The van der Waals surface area contributed by atoms with Gasteiger partial charge < -0.3 is 15.2 Å². The molecule has 0 fully saturated rings. The number of carboxylic acids is 1. The lowest BCUT2D eigenvalue weighted by molar-refractivity contribution is -0.137. The number of ether oxygens (including phenoxy) is 1. The Morgan fingerprint density at radius 2 is 1.95 bits per heavy atom. The van der Waals surface area contributed by atoms with E-state index in [-0.39, 0.29) is 18.9 Å². The molecule has 0 heterocycles. The van der Waals surface area contributed by atoms with Crippen LogP contribution in [0.5, 0.6) is 5.75 Å². The summed E-state index contributed by atoms with van der Waals surface area (Å²) in [6.45, 7) is 0.800. The molecule has 0 aliphatic heterocycles. The molecule has 0 spiro atoms. The SMILES string of the molecule is COc1ccc(NC(=O)CN(C)CCCC(=O)O)cc1. The van der Waals surface area contributed by atoms with Gasteiger partial charge in [-0.1, -0.05) is 0 Å². The van der Waals surface area contributed by atoms with Crippen molar-refractivity contribution in [3.63, 3.8) is 0 Å². The summed E-state index contributed by atoms with van der Waals surface area (Å²) in [6.07, 6.45) is 0.645. The Hall–Kier alpha value is -2.08. The highest BCUT2D eigenvalue weighted by Crippen LogP contribution is 2.14. The predicted octanol–water partition coefficient (Wildman–Crippen LogP) is 1.43. The van der Waals surface area contributed by atoms with E-state index in [1.165, 1.54) is 0 Å². The molecule has 2 N–H and O–H groups in total. The molecule has 0 unspecified atom stereocenters. The Morgan fingerprint density at radius 3 is 2.50 bits per heavy atom. The number of likely N-dealkylation sites (N-methyl/N-ethyl adjacent to an activating group) is 1. The van der Waals surface area contributed by atoms with E-state index in [0.717, 1.165) is 5.75 Å². The molecule has 6 heteroatoms. The molecule has 1 aromatic carbocycles. The number of carbonyl (C=O) groups is 2. The highest BCUT2D eigenvalue weighted by molar-refractivity contribution is 5.92. The summed E-state index contributed by atoms with van der Waals surface area (Å²) in [5.74, 6) is -0.220. The first kappa shape index (κ1) is 16.0. The van der Waals surface area contributed by atoms with Gasteiger partial charge >= 0.3 is 5.97 Å². The van der Waals surface area contributed by atoms with Gasteiger partial charge in [0.05, 0.1) is 13.7 Å². The summed E-state index contributed by atoms with van der Waals surface area (Å²) in [5, 5.41) is 11.3. The maximum atomic E-state index is 11.8. The largest absolute Gasteiger partial charge is 0.497 e. The van der Waals surface area contributed by atoms with E-state index in [1.807, 2.05) is 0 Å². The van der Waals surface area contributed by atoms with Gasteiger partial charge in [0, 0.05) is 12.1 Å². The fourth-order valence-electron chi connectivity index (χ4n) is 1.70. The Bertz CT molecular complexity index is 445. The minimum absolute atomic E-state index is 0.116. The van der Waals surface area contributed by atoms with Crippen LogP contribution in [-0.2, 0) is 9.59 Å². The van der Waals surface area contributed by atoms with Gasteiger partial charge in [0.15, 0.2) is 0 Å². The van der Waals surface area contributed by atoms with Crippen LogP contribution < -0.4 is 10.1 Å². The summed E-state index contributed by atoms with van der Waals surface area (Å²) < 4.78 is 5.03. The molecule has 0 saturated carbocycles. The zero-order chi connectivity index (χ0) is 15.0. The first-order chi connectivity index (χ1) is 9.51. The number of carbonyl (C=O) groups excluding carboxylic acids is 1. The third kappa shape index (κ3) is 6.19.